The van der Waals surface area contributed by atoms with Crippen molar-refractivity contribution in [1.29, 1.82) is 0 Å². The molecule has 0 aromatic rings. The van der Waals surface area contributed by atoms with Crippen LogP contribution >= 0.6 is 0 Å². The molecule has 0 aromatic heterocycles. The average Bonchev–Trinajstić information content (AvgIpc) is 0. The summed E-state index contributed by atoms with van der Waals surface area (Å²) >= 11 is 0. The van der Waals surface area contributed by atoms with E-state index in [1.807, 2.05) is 0 Å². The van der Waals surface area contributed by atoms with Gasteiger partial charge in [-0.3, -0.25) is 0 Å². The van der Waals surface area contributed by atoms with Crippen molar-refractivity contribution in [2.45, 2.75) is 0 Å². The maximum atomic E-state index is 0. The average molecular weight is 25200 g/mol. The molecular formula is W137. The largest absolute Gasteiger partial charge is 0 e. The summed E-state index contributed by atoms with van der Waals surface area (Å²) in [5.74, 6) is 0. The van der Waals surface area contributed by atoms with E-state index in [1.165, 1.54) is 0 Å². The molecule has 0 rings (SSSR count). The van der Waals surface area contributed by atoms with Gasteiger partial charge in [0.25, 0.3) is 0 Å². The van der Waals surface area contributed by atoms with Crippen LogP contribution < -0.4 is 0 Å². The second-order valence-electron chi connectivity index (χ2n) is 0. The van der Waals surface area contributed by atoms with Crippen LogP contribution in [0.4, 0.5) is 0 Å². The Kier molecular flexibility index (Phi) is 13700. The third-order valence-corrected chi connectivity index (χ3v) is 0. The zero-order valence-electron chi connectivity index (χ0n) is 55.9. The van der Waals surface area contributed by atoms with Crippen molar-refractivity contribution in [3.05, 3.63) is 0 Å². The summed E-state index contributed by atoms with van der Waals surface area (Å²) in [4.78, 5) is 0. The molecule has 0 N–H and O–H groups in total. The fourth-order valence-electron chi connectivity index (χ4n) is 0. The molecule has 0 saturated carbocycles. The molecule has 0 aliphatic carbocycles. The van der Waals surface area contributed by atoms with Gasteiger partial charge in [-0.15, -0.1) is 0 Å². The van der Waals surface area contributed by atoms with Gasteiger partial charge < -0.3 is 0 Å². The fourth-order valence-corrected chi connectivity index (χ4v) is 0. The zero-order valence-corrected chi connectivity index (χ0v) is 458. The van der Waals surface area contributed by atoms with Crippen LogP contribution in [0.25, 0.3) is 0 Å². The Labute approximate surface area is 2790 Å². The Balaban J connectivity index is 0. The Morgan fingerprint density at radius 2 is 0.00730 bits per heavy atom. The van der Waals surface area contributed by atoms with Gasteiger partial charge in [-0.05, 0) is 0 Å². The second-order valence-corrected chi connectivity index (χ2v) is 0. The zero-order chi connectivity index (χ0) is 0. The van der Waals surface area contributed by atoms with Crippen molar-refractivity contribution in [3.8, 4) is 0 Å². The van der Waals surface area contributed by atoms with Gasteiger partial charge in [0.05, 0.1) is 0 Å². The van der Waals surface area contributed by atoms with Crippen LogP contribution in [0.15, 0.2) is 0 Å². The third-order valence-electron chi connectivity index (χ3n) is 0. The van der Waals surface area contributed by atoms with Crippen LogP contribution in [-0.4, -0.2) is 0 Å². The van der Waals surface area contributed by atoms with Crippen LogP contribution in [0.2, 0.25) is 0 Å². The van der Waals surface area contributed by atoms with Crippen molar-refractivity contribution >= 4 is 0 Å². The van der Waals surface area contributed by atoms with E-state index in [0.29, 0.717) is 0 Å². The van der Waals surface area contributed by atoms with Gasteiger partial charge in [-0.2, -0.15) is 0 Å². The quantitative estimate of drug-likeness (QED) is 0.312. The van der Waals surface area contributed by atoms with Gasteiger partial charge in [0.1, 0.15) is 0 Å². The first-order valence-electron chi connectivity index (χ1n) is 0. The summed E-state index contributed by atoms with van der Waals surface area (Å²) in [5.41, 5.74) is 0. The second kappa shape index (κ2) is 1360. The predicted molar refractivity (Wildman–Crippen MR) is 0 cm³/mol. The maximum Gasteiger partial charge on any atom is 0 e. The standard InChI is InChI=1S/137W. The van der Waals surface area contributed by atoms with Gasteiger partial charge in [0, 0.05) is 2890 Å². The molecule has 137 heteroatoms. The van der Waals surface area contributed by atoms with Gasteiger partial charge in [-0.1, -0.05) is 0 Å². The Morgan fingerprint density at radius 3 is 0.00730 bits per heavy atom. The molecule has 137 heavy (non-hydrogen) atoms. The van der Waals surface area contributed by atoms with Crippen molar-refractivity contribution in [2.75, 3.05) is 0 Å². The topological polar surface area (TPSA) is 0 Å². The first-order chi connectivity index (χ1) is 0. The number of hydrogen-bond donors (Lipinski definition) is 0. The molecule has 0 saturated heterocycles. The van der Waals surface area contributed by atoms with Gasteiger partial charge in [0.15, 0.2) is 0 Å². The van der Waals surface area contributed by atoms with E-state index >= 15 is 0 Å². The maximum absolute atomic E-state index is 0. The molecular weight excluding hydrogens is 25200 g/mol. The summed E-state index contributed by atoms with van der Waals surface area (Å²) in [7, 11) is 0. The summed E-state index contributed by atoms with van der Waals surface area (Å²) < 4.78 is 0. The minimum atomic E-state index is 0. The van der Waals surface area contributed by atoms with Crippen LogP contribution in [-0.2, 0) is 2890 Å². The molecule has 0 aliphatic rings. The number of hydrogen-bond acceptors (Lipinski definition) is 0. The van der Waals surface area contributed by atoms with Gasteiger partial charge in [-0.25, -0.2) is 0 Å². The van der Waals surface area contributed by atoms with E-state index in [0.717, 1.165) is 0 Å². The molecule has 0 heterocycles. The smallest absolute Gasteiger partial charge is 0 e. The van der Waals surface area contributed by atoms with Crippen LogP contribution in [0.1, 0.15) is 0 Å². The molecule has 0 radical (unpaired) electrons. The molecule has 0 spiro atoms. The summed E-state index contributed by atoms with van der Waals surface area (Å²) in [5, 5.41) is 0. The van der Waals surface area contributed by atoms with Crippen LogP contribution in [0, 0.1) is 0 Å². The Hall–Kier alpha value is 94.3. The van der Waals surface area contributed by atoms with E-state index in [9.17, 15) is 0 Å². The molecule has 0 aromatic carbocycles. The van der Waals surface area contributed by atoms with E-state index in [-0.39, 0.29) is 2890 Å². The normalized spacial score (nSPS) is 0. The summed E-state index contributed by atoms with van der Waals surface area (Å²) in [6.45, 7) is 0. The number of rotatable bonds is 0. The van der Waals surface area contributed by atoms with Crippen molar-refractivity contribution in [3.63, 3.8) is 0 Å². The van der Waals surface area contributed by atoms with E-state index in [2.05, 4.69) is 0 Å². The molecule has 822 valence electrons. The van der Waals surface area contributed by atoms with Crippen molar-refractivity contribution < 1.29 is 2890 Å². The minimum absolute atomic E-state index is 0. The van der Waals surface area contributed by atoms with Crippen molar-refractivity contribution in [2.24, 2.45) is 0 Å². The third kappa shape index (κ3) is 1350. The van der Waals surface area contributed by atoms with Crippen LogP contribution in [0.3, 0.4) is 0 Å². The Bertz CT molecular complexity index is 0. The van der Waals surface area contributed by atoms with E-state index < -0.39 is 0 Å². The minimum Gasteiger partial charge on any atom is 0 e. The molecule has 0 amide bonds. The van der Waals surface area contributed by atoms with E-state index in [1.54, 1.807) is 0 Å². The first kappa shape index (κ1) is 1380. The predicted octanol–water partition coefficient (Wildman–Crippen LogP) is -0.343. The van der Waals surface area contributed by atoms with Crippen molar-refractivity contribution in [1.82, 2.24) is 0 Å². The fraction of sp³-hybridized carbons (Fsp3) is 0. The molecule has 0 nitrogen and oxygen atoms in total. The van der Waals surface area contributed by atoms with E-state index in [4.69, 9.17) is 0 Å². The van der Waals surface area contributed by atoms with Gasteiger partial charge >= 0.3 is 0 Å². The molecule has 0 atom stereocenters. The SMILES string of the molecule is [W].[W].[W].[W].[W].[W].[W].[W].[W].[W].[W].[W].[W].[W].[W].[W].[W].[W].[W].[W].[W].[W].[W].[W].[W].[W].[W].[W].[W].[W].[W].[W].[W].[W].[W].[W].[W].[W].[W].[W].[W].[W].[W].[W].[W].[W].[W].[W].[W].[W].[W].[W].[W].[W].[W].[W].[W].[W].[W].[W].[W].[W].[W].[W].[W].[W].[W].[W].[W].[W].[W].[W].[W].[W].[W].[W].[W].[W].[W].[W].[W].[W].[W].[W].[W].[W].[W].[W].[W].[W].[W].[W].[W].[W].[W].[W].[W].[W].[W].[W].[W].[W].[W].[W].[W].[W].[W].[W].[W].[W].[W].[W].[W].[W].[W].[W].[W].[W].[W].[W].[W].[W].[W].[W].[W].[W].[W].[W].[W].[W].[W].[W].[W].[W].[W].[W].[W]. The molecule has 0 unspecified atom stereocenters. The molecule has 0 fully saturated rings. The summed E-state index contributed by atoms with van der Waals surface area (Å²) in [6.07, 6.45) is 0. The molecule has 0 bridgehead atoms. The first-order valence-corrected chi connectivity index (χ1v) is 0. The Morgan fingerprint density at radius 1 is 0.00730 bits per heavy atom. The van der Waals surface area contributed by atoms with Crippen LogP contribution in [0.5, 0.6) is 0 Å². The monoisotopic (exact) mass is 25200 g/mol. The summed E-state index contributed by atoms with van der Waals surface area (Å²) in [6, 6.07) is 0. The molecule has 0 aliphatic heterocycles. The van der Waals surface area contributed by atoms with Gasteiger partial charge in [0.2, 0.25) is 0 Å².